The van der Waals surface area contributed by atoms with Gasteiger partial charge in [0.25, 0.3) is 5.91 Å². The molecule has 0 unspecified atom stereocenters. The Morgan fingerprint density at radius 2 is 2.12 bits per heavy atom. The minimum Gasteiger partial charge on any atom is -0.329 e. The fourth-order valence-corrected chi connectivity index (χ4v) is 3.21. The molecule has 25 heavy (non-hydrogen) atoms. The molecule has 3 rings (SSSR count). The first kappa shape index (κ1) is 16.8. The first-order valence-corrected chi connectivity index (χ1v) is 8.50. The Labute approximate surface area is 150 Å². The molecule has 1 heterocycles. The van der Waals surface area contributed by atoms with E-state index in [9.17, 15) is 4.79 Å². The van der Waals surface area contributed by atoms with Gasteiger partial charge in [0.1, 0.15) is 0 Å². The maximum absolute atomic E-state index is 12.6. The zero-order chi connectivity index (χ0) is 17.6. The predicted octanol–water partition coefficient (Wildman–Crippen LogP) is 3.89. The van der Waals surface area contributed by atoms with Gasteiger partial charge in [-0.25, -0.2) is 4.98 Å². The molecule has 0 aliphatic carbocycles. The van der Waals surface area contributed by atoms with E-state index in [1.54, 1.807) is 24.4 Å². The van der Waals surface area contributed by atoms with Crippen LogP contribution in [0, 0.1) is 11.3 Å². The number of para-hydroxylation sites is 1. The number of aromatic nitrogens is 2. The second-order valence-corrected chi connectivity index (χ2v) is 6.42. The summed E-state index contributed by atoms with van der Waals surface area (Å²) in [5.41, 5.74) is 2.08. The van der Waals surface area contributed by atoms with E-state index < -0.39 is 0 Å². The highest BCUT2D eigenvalue weighted by Gasteiger charge is 2.12. The van der Waals surface area contributed by atoms with Crippen molar-refractivity contribution in [3.8, 4) is 6.07 Å². The predicted molar refractivity (Wildman–Crippen MR) is 97.5 cm³/mol. The summed E-state index contributed by atoms with van der Waals surface area (Å²) in [5.74, 6) is -0.201. The Kier molecular flexibility index (Phi) is 5.17. The average Bonchev–Trinajstić information content (AvgIpc) is 3.02. The molecule has 0 saturated carbocycles. The molecule has 0 spiro atoms. The van der Waals surface area contributed by atoms with Crippen molar-refractivity contribution < 1.29 is 4.79 Å². The Morgan fingerprint density at radius 3 is 2.88 bits per heavy atom. The number of imidazole rings is 1. The molecule has 124 valence electrons. The second kappa shape index (κ2) is 7.69. The lowest BCUT2D eigenvalue weighted by atomic mass is 10.1. The van der Waals surface area contributed by atoms with Crippen molar-refractivity contribution in [3.63, 3.8) is 0 Å². The van der Waals surface area contributed by atoms with Gasteiger partial charge >= 0.3 is 0 Å². The summed E-state index contributed by atoms with van der Waals surface area (Å²) in [6, 6.07) is 16.8. The number of hydrogen-bond acceptors (Lipinski definition) is 4. The minimum absolute atomic E-state index is 0.201. The first-order valence-electron chi connectivity index (χ1n) is 7.69. The molecule has 5 nitrogen and oxygen atoms in total. The van der Waals surface area contributed by atoms with Crippen molar-refractivity contribution in [2.75, 3.05) is 5.32 Å². The molecule has 2 aromatic carbocycles. The number of nitrogens with one attached hydrogen (secondary N) is 1. The number of nitriles is 1. The van der Waals surface area contributed by atoms with Gasteiger partial charge in [-0.15, -0.1) is 0 Å². The molecular weight excluding hydrogens is 332 g/mol. The number of carbonyl (C=O) groups is 1. The summed E-state index contributed by atoms with van der Waals surface area (Å²) < 4.78 is 1.93. The number of anilines is 1. The molecule has 0 radical (unpaired) electrons. The van der Waals surface area contributed by atoms with Gasteiger partial charge in [-0.3, -0.25) is 4.79 Å². The summed E-state index contributed by atoms with van der Waals surface area (Å²) in [4.78, 5) is 17.8. The molecule has 1 N–H and O–H groups in total. The summed E-state index contributed by atoms with van der Waals surface area (Å²) in [6.45, 7) is 0. The van der Waals surface area contributed by atoms with Gasteiger partial charge < -0.3 is 9.88 Å². The maximum atomic E-state index is 12.6. The number of rotatable bonds is 5. The van der Waals surface area contributed by atoms with E-state index in [2.05, 4.69) is 16.4 Å². The van der Waals surface area contributed by atoms with Crippen LogP contribution in [-0.2, 0) is 13.5 Å². The van der Waals surface area contributed by atoms with Crippen LogP contribution in [0.3, 0.4) is 0 Å². The second-order valence-electron chi connectivity index (χ2n) is 5.41. The number of carbonyl (C=O) groups excluding carboxylic acids is 1. The van der Waals surface area contributed by atoms with Crippen LogP contribution in [0.1, 0.15) is 15.9 Å². The van der Waals surface area contributed by atoms with Crippen molar-refractivity contribution >= 4 is 23.4 Å². The van der Waals surface area contributed by atoms with Crippen LogP contribution in [0.4, 0.5) is 5.69 Å². The smallest absolute Gasteiger partial charge is 0.255 e. The van der Waals surface area contributed by atoms with Crippen LogP contribution in [0.25, 0.3) is 0 Å². The van der Waals surface area contributed by atoms with Gasteiger partial charge in [0.2, 0.25) is 0 Å². The number of benzene rings is 2. The van der Waals surface area contributed by atoms with E-state index >= 15 is 0 Å². The third-order valence-electron chi connectivity index (χ3n) is 3.59. The van der Waals surface area contributed by atoms with Gasteiger partial charge in [-0.05, 0) is 41.6 Å². The van der Waals surface area contributed by atoms with E-state index in [1.165, 1.54) is 11.8 Å². The standard InChI is InChI=1S/C19H16N4OS/c1-23-12-11-21-19(23)25-17-8-3-2-7-16(17)22-18(24)15-6-4-5-14(13-15)9-10-20/h2-8,11-13H,9H2,1H3,(H,22,24). The Balaban J connectivity index is 1.81. The van der Waals surface area contributed by atoms with Crippen LogP contribution < -0.4 is 5.32 Å². The highest BCUT2D eigenvalue weighted by molar-refractivity contribution is 7.99. The van der Waals surface area contributed by atoms with E-state index in [0.717, 1.165) is 21.3 Å². The lowest BCUT2D eigenvalue weighted by Crippen LogP contribution is -2.12. The van der Waals surface area contributed by atoms with Gasteiger partial charge in [0.05, 0.1) is 18.2 Å². The highest BCUT2D eigenvalue weighted by atomic mass is 32.2. The lowest BCUT2D eigenvalue weighted by molar-refractivity contribution is 0.102. The molecule has 1 amide bonds. The fraction of sp³-hybridized carbons (Fsp3) is 0.105. The highest BCUT2D eigenvalue weighted by Crippen LogP contribution is 2.32. The molecule has 0 bridgehead atoms. The third kappa shape index (κ3) is 4.08. The number of nitrogens with zero attached hydrogens (tertiary/aromatic N) is 3. The minimum atomic E-state index is -0.201. The Bertz CT molecular complexity index is 942. The Hall–Kier alpha value is -3.04. The molecule has 6 heteroatoms. The lowest BCUT2D eigenvalue weighted by Gasteiger charge is -2.11. The van der Waals surface area contributed by atoms with Crippen molar-refractivity contribution in [1.29, 1.82) is 5.26 Å². The summed E-state index contributed by atoms with van der Waals surface area (Å²) >= 11 is 1.49. The molecular formula is C19H16N4OS. The van der Waals surface area contributed by atoms with Crippen LogP contribution in [0.5, 0.6) is 0 Å². The van der Waals surface area contributed by atoms with Crippen molar-refractivity contribution in [3.05, 3.63) is 72.1 Å². The summed E-state index contributed by atoms with van der Waals surface area (Å²) in [6.07, 6.45) is 3.90. The third-order valence-corrected chi connectivity index (χ3v) is 4.74. The monoisotopic (exact) mass is 348 g/mol. The normalized spacial score (nSPS) is 10.2. The van der Waals surface area contributed by atoms with Crippen molar-refractivity contribution in [2.24, 2.45) is 7.05 Å². The Morgan fingerprint density at radius 1 is 1.28 bits per heavy atom. The van der Waals surface area contributed by atoms with Crippen molar-refractivity contribution in [1.82, 2.24) is 9.55 Å². The van der Waals surface area contributed by atoms with E-state index in [0.29, 0.717) is 5.56 Å². The zero-order valence-corrected chi connectivity index (χ0v) is 14.5. The maximum Gasteiger partial charge on any atom is 0.255 e. The van der Waals surface area contributed by atoms with Crippen LogP contribution in [-0.4, -0.2) is 15.5 Å². The molecule has 0 atom stereocenters. The van der Waals surface area contributed by atoms with Gasteiger partial charge in [0, 0.05) is 29.9 Å². The first-order chi connectivity index (χ1) is 12.2. The van der Waals surface area contributed by atoms with E-state index in [-0.39, 0.29) is 12.3 Å². The van der Waals surface area contributed by atoms with E-state index in [1.807, 2.05) is 48.1 Å². The molecule has 1 aromatic heterocycles. The molecule has 0 aliphatic rings. The number of aryl methyl sites for hydroxylation is 1. The summed E-state index contributed by atoms with van der Waals surface area (Å²) in [5, 5.41) is 12.6. The van der Waals surface area contributed by atoms with Gasteiger partial charge in [-0.1, -0.05) is 24.3 Å². The SMILES string of the molecule is Cn1ccnc1Sc1ccccc1NC(=O)c1cccc(CC#N)c1. The van der Waals surface area contributed by atoms with E-state index in [4.69, 9.17) is 5.26 Å². The zero-order valence-electron chi connectivity index (χ0n) is 13.6. The summed E-state index contributed by atoms with van der Waals surface area (Å²) in [7, 11) is 1.93. The van der Waals surface area contributed by atoms with Crippen LogP contribution in [0.15, 0.2) is 71.0 Å². The molecule has 0 saturated heterocycles. The van der Waals surface area contributed by atoms with Gasteiger partial charge in [-0.2, -0.15) is 5.26 Å². The average molecular weight is 348 g/mol. The van der Waals surface area contributed by atoms with Crippen LogP contribution in [0.2, 0.25) is 0 Å². The largest absolute Gasteiger partial charge is 0.329 e. The quantitative estimate of drug-likeness (QED) is 0.759. The molecule has 0 fully saturated rings. The topological polar surface area (TPSA) is 70.7 Å². The van der Waals surface area contributed by atoms with Crippen molar-refractivity contribution in [2.45, 2.75) is 16.5 Å². The number of amides is 1. The number of hydrogen-bond donors (Lipinski definition) is 1. The molecule has 0 aliphatic heterocycles. The molecule has 3 aromatic rings. The van der Waals surface area contributed by atoms with Crippen LogP contribution >= 0.6 is 11.8 Å². The van der Waals surface area contributed by atoms with Gasteiger partial charge in [0.15, 0.2) is 5.16 Å². The fourth-order valence-electron chi connectivity index (χ4n) is 2.32.